The molecule has 0 fully saturated rings. The molecule has 4 aromatic carbocycles. The van der Waals surface area contributed by atoms with E-state index in [2.05, 4.69) is 126 Å². The minimum absolute atomic E-state index is 0.872. The summed E-state index contributed by atoms with van der Waals surface area (Å²) in [5.74, 6) is 0.872. The van der Waals surface area contributed by atoms with E-state index >= 15 is 0 Å². The van der Waals surface area contributed by atoms with Gasteiger partial charge in [-0.05, 0) is 58.1 Å². The molecule has 182 valence electrons. The summed E-state index contributed by atoms with van der Waals surface area (Å²) in [5.41, 5.74) is 12.5. The first-order valence-electron chi connectivity index (χ1n) is 13.2. The average Bonchev–Trinajstić information content (AvgIpc) is 3.31. The second kappa shape index (κ2) is 8.64. The number of nitrogens with zero attached hydrogens (tertiary/aromatic N) is 3. The molecule has 3 nitrogen and oxygen atoms in total. The van der Waals surface area contributed by atoms with E-state index in [0.29, 0.717) is 0 Å². The Balaban J connectivity index is 1.55. The molecule has 0 atom stereocenters. The fourth-order valence-corrected chi connectivity index (χ4v) is 6.02. The van der Waals surface area contributed by atoms with Crippen molar-refractivity contribution in [1.29, 1.82) is 0 Å². The van der Waals surface area contributed by atoms with Crippen LogP contribution in [0, 0.1) is 0 Å². The van der Waals surface area contributed by atoms with Crippen molar-refractivity contribution in [3.63, 3.8) is 0 Å². The molecule has 3 heterocycles. The zero-order chi connectivity index (χ0) is 25.8. The molecule has 0 bridgehead atoms. The van der Waals surface area contributed by atoms with Crippen LogP contribution in [-0.2, 0) is 0 Å². The Labute approximate surface area is 226 Å². The molecule has 0 unspecified atom stereocenters. The molecule has 8 rings (SSSR count). The third kappa shape index (κ3) is 3.30. The van der Waals surface area contributed by atoms with Gasteiger partial charge in [-0.25, -0.2) is 4.98 Å². The second-order valence-electron chi connectivity index (χ2n) is 9.81. The lowest BCUT2D eigenvalue weighted by Gasteiger charge is -2.15. The van der Waals surface area contributed by atoms with Crippen molar-refractivity contribution in [2.45, 2.75) is 0 Å². The summed E-state index contributed by atoms with van der Waals surface area (Å²) in [7, 11) is 0. The van der Waals surface area contributed by atoms with Crippen molar-refractivity contribution in [2.24, 2.45) is 0 Å². The molecule has 0 spiro atoms. The molecule has 39 heavy (non-hydrogen) atoms. The van der Waals surface area contributed by atoms with Crippen LogP contribution < -0.4 is 0 Å². The lowest BCUT2D eigenvalue weighted by molar-refractivity contribution is 1.04. The Morgan fingerprint density at radius 2 is 1.08 bits per heavy atom. The van der Waals surface area contributed by atoms with Crippen LogP contribution >= 0.6 is 0 Å². The number of hydrogen-bond donors (Lipinski definition) is 0. The maximum atomic E-state index is 5.21. The van der Waals surface area contributed by atoms with Gasteiger partial charge in [0.25, 0.3) is 0 Å². The molecule has 1 aliphatic rings. The Morgan fingerprint density at radius 3 is 1.85 bits per heavy atom. The lowest BCUT2D eigenvalue weighted by atomic mass is 9.93. The number of benzene rings is 4. The highest BCUT2D eigenvalue weighted by Crippen LogP contribution is 2.52. The molecule has 0 saturated carbocycles. The summed E-state index contributed by atoms with van der Waals surface area (Å²) in [6.07, 6.45) is 1.87. The number of hydrogen-bond acceptors (Lipinski definition) is 2. The van der Waals surface area contributed by atoms with Crippen molar-refractivity contribution in [2.75, 3.05) is 0 Å². The van der Waals surface area contributed by atoms with Crippen molar-refractivity contribution in [1.82, 2.24) is 14.5 Å². The largest absolute Gasteiger partial charge is 0.292 e. The van der Waals surface area contributed by atoms with Crippen molar-refractivity contribution in [3.8, 4) is 61.8 Å². The number of pyridine rings is 2. The van der Waals surface area contributed by atoms with Crippen LogP contribution in [0.15, 0.2) is 140 Å². The van der Waals surface area contributed by atoms with E-state index in [-0.39, 0.29) is 0 Å². The van der Waals surface area contributed by atoms with E-state index in [1.165, 1.54) is 38.8 Å². The van der Waals surface area contributed by atoms with Crippen LogP contribution in [0.2, 0.25) is 0 Å². The van der Waals surface area contributed by atoms with Crippen LogP contribution in [0.4, 0.5) is 0 Å². The fourth-order valence-electron chi connectivity index (χ4n) is 6.02. The van der Waals surface area contributed by atoms with Gasteiger partial charge in [0.05, 0.1) is 22.6 Å². The minimum Gasteiger partial charge on any atom is -0.292 e. The Morgan fingerprint density at radius 1 is 0.462 bits per heavy atom. The van der Waals surface area contributed by atoms with Crippen LogP contribution in [0.3, 0.4) is 0 Å². The van der Waals surface area contributed by atoms with E-state index in [9.17, 15) is 0 Å². The molecule has 3 heteroatoms. The fraction of sp³-hybridized carbons (Fsp3) is 0. The average molecular weight is 498 g/mol. The normalized spacial score (nSPS) is 11.6. The van der Waals surface area contributed by atoms with Gasteiger partial charge in [0.2, 0.25) is 0 Å². The molecule has 3 aromatic heterocycles. The smallest absolute Gasteiger partial charge is 0.138 e. The molecule has 0 N–H and O–H groups in total. The predicted molar refractivity (Wildman–Crippen MR) is 160 cm³/mol. The second-order valence-corrected chi connectivity index (χ2v) is 9.81. The molecule has 0 aliphatic heterocycles. The van der Waals surface area contributed by atoms with Crippen molar-refractivity contribution in [3.05, 3.63) is 140 Å². The highest BCUT2D eigenvalue weighted by molar-refractivity contribution is 6.17. The maximum absolute atomic E-state index is 5.21. The predicted octanol–water partition coefficient (Wildman–Crippen LogP) is 9.07. The van der Waals surface area contributed by atoms with Crippen LogP contribution in [0.25, 0.3) is 72.7 Å². The first-order valence-corrected chi connectivity index (χ1v) is 13.2. The number of aromatic nitrogens is 3. The minimum atomic E-state index is 0.872. The monoisotopic (exact) mass is 497 g/mol. The summed E-state index contributed by atoms with van der Waals surface area (Å²) >= 11 is 0. The highest BCUT2D eigenvalue weighted by Gasteiger charge is 2.29. The zero-order valence-electron chi connectivity index (χ0n) is 21.1. The third-order valence-electron chi connectivity index (χ3n) is 7.64. The Hall–Kier alpha value is -5.28. The highest BCUT2D eigenvalue weighted by atomic mass is 15.1. The Bertz CT molecular complexity index is 2000. The van der Waals surface area contributed by atoms with E-state index in [1.807, 2.05) is 18.3 Å². The summed E-state index contributed by atoms with van der Waals surface area (Å²) in [4.78, 5) is 10.1. The maximum Gasteiger partial charge on any atom is 0.138 e. The van der Waals surface area contributed by atoms with Gasteiger partial charge in [-0.1, -0.05) is 103 Å². The quantitative estimate of drug-likeness (QED) is 0.244. The van der Waals surface area contributed by atoms with E-state index < -0.39 is 0 Å². The molecule has 0 amide bonds. The first kappa shape index (κ1) is 21.8. The summed E-state index contributed by atoms with van der Waals surface area (Å²) in [5, 5.41) is 1.22. The number of fused-ring (bicyclic) bond motifs is 5. The molecule has 0 radical (unpaired) electrons. The van der Waals surface area contributed by atoms with Crippen LogP contribution in [0.1, 0.15) is 0 Å². The van der Waals surface area contributed by atoms with Gasteiger partial charge >= 0.3 is 0 Å². The van der Waals surface area contributed by atoms with Gasteiger partial charge in [-0.3, -0.25) is 9.55 Å². The van der Waals surface area contributed by atoms with E-state index in [1.54, 1.807) is 0 Å². The lowest BCUT2D eigenvalue weighted by Crippen LogP contribution is -2.02. The molecule has 0 saturated heterocycles. The number of rotatable bonds is 3. The summed E-state index contributed by atoms with van der Waals surface area (Å²) < 4.78 is 2.30. The van der Waals surface area contributed by atoms with Gasteiger partial charge in [-0.15, -0.1) is 0 Å². The molecule has 7 aromatic rings. The van der Waals surface area contributed by atoms with Gasteiger partial charge in [-0.2, -0.15) is 0 Å². The van der Waals surface area contributed by atoms with Gasteiger partial charge in [0, 0.05) is 22.7 Å². The summed E-state index contributed by atoms with van der Waals surface area (Å²) in [6.45, 7) is 0. The van der Waals surface area contributed by atoms with Crippen molar-refractivity contribution < 1.29 is 0 Å². The Kier molecular flexibility index (Phi) is 4.82. The van der Waals surface area contributed by atoms with Crippen molar-refractivity contribution >= 4 is 10.9 Å². The summed E-state index contributed by atoms with van der Waals surface area (Å²) in [6, 6.07) is 46.8. The van der Waals surface area contributed by atoms with Gasteiger partial charge in [0.1, 0.15) is 5.82 Å². The SMILES string of the molecule is c1ccc(-c2cccc(-n3c(-c4ccccn4)c4c5c(cccc53)-c3ccccc3-c3ccccc3-4)n2)cc1. The zero-order valence-corrected chi connectivity index (χ0v) is 21.1. The van der Waals surface area contributed by atoms with Gasteiger partial charge < -0.3 is 0 Å². The van der Waals surface area contributed by atoms with Gasteiger partial charge in [0.15, 0.2) is 0 Å². The topological polar surface area (TPSA) is 30.7 Å². The molecular weight excluding hydrogens is 474 g/mol. The molecular formula is C36H23N3. The standard InChI is InChI=1S/C36H23N3/c1-2-12-24(13-3-1)30-20-11-22-33(38-30)39-32-21-10-18-28-26-15-5-4-14-25(26)27-16-6-7-17-29(27)35(34(28)32)36(39)31-19-8-9-23-37-31/h1-23H. The first-order chi connectivity index (χ1) is 19.4. The van der Waals surface area contributed by atoms with Crippen LogP contribution in [-0.4, -0.2) is 14.5 Å². The van der Waals surface area contributed by atoms with Crippen LogP contribution in [0.5, 0.6) is 0 Å². The molecule has 1 aliphatic carbocycles. The third-order valence-corrected chi connectivity index (χ3v) is 7.64. The van der Waals surface area contributed by atoms with E-state index in [0.717, 1.165) is 34.0 Å². The van der Waals surface area contributed by atoms with E-state index in [4.69, 9.17) is 9.97 Å².